The van der Waals surface area contributed by atoms with Crippen molar-refractivity contribution < 1.29 is 14.3 Å². The molecule has 4 rings (SSSR count). The maximum absolute atomic E-state index is 13.1. The number of likely N-dealkylation sites (tertiary alicyclic amines) is 1. The minimum absolute atomic E-state index is 0.00474. The SMILES string of the molecule is COc1ccc(CNC(=O)[C@@H]2C[C@H](CN3CCOCC3)CN(Cc3ccncc3)C2)cc1. The number of benzene rings is 1. The first-order valence-corrected chi connectivity index (χ1v) is 11.5. The van der Waals surface area contributed by atoms with Crippen LogP contribution in [0.15, 0.2) is 48.8 Å². The smallest absolute Gasteiger partial charge is 0.224 e. The molecule has 2 saturated heterocycles. The zero-order chi connectivity index (χ0) is 22.2. The number of pyridine rings is 1. The molecule has 172 valence electrons. The highest BCUT2D eigenvalue weighted by molar-refractivity contribution is 5.79. The number of piperidine rings is 1. The minimum atomic E-state index is -0.00474. The fraction of sp³-hybridized carbons (Fsp3) is 0.520. The van der Waals surface area contributed by atoms with Crippen LogP contribution in [0.3, 0.4) is 0 Å². The number of methoxy groups -OCH3 is 1. The van der Waals surface area contributed by atoms with Crippen LogP contribution in [0.5, 0.6) is 5.75 Å². The zero-order valence-corrected chi connectivity index (χ0v) is 18.9. The number of nitrogens with zero attached hydrogens (tertiary/aromatic N) is 3. The van der Waals surface area contributed by atoms with Crippen molar-refractivity contribution in [2.24, 2.45) is 11.8 Å². The molecule has 0 radical (unpaired) electrons. The number of amides is 1. The first-order valence-electron chi connectivity index (χ1n) is 11.5. The number of carbonyl (C=O) groups excluding carboxylic acids is 1. The summed E-state index contributed by atoms with van der Waals surface area (Å²) in [5.41, 5.74) is 2.32. The normalized spacial score (nSPS) is 22.4. The van der Waals surface area contributed by atoms with E-state index in [9.17, 15) is 4.79 Å². The van der Waals surface area contributed by atoms with Crippen molar-refractivity contribution in [3.8, 4) is 5.75 Å². The highest BCUT2D eigenvalue weighted by atomic mass is 16.5. The van der Waals surface area contributed by atoms with Crippen molar-refractivity contribution in [2.75, 3.05) is 53.0 Å². The van der Waals surface area contributed by atoms with Gasteiger partial charge in [-0.05, 0) is 47.7 Å². The molecule has 7 heteroatoms. The molecule has 0 spiro atoms. The predicted molar refractivity (Wildman–Crippen MR) is 123 cm³/mol. The maximum atomic E-state index is 13.1. The van der Waals surface area contributed by atoms with Crippen molar-refractivity contribution in [2.45, 2.75) is 19.5 Å². The van der Waals surface area contributed by atoms with Crippen LogP contribution in [0.1, 0.15) is 17.5 Å². The molecule has 2 aliphatic rings. The molecule has 2 fully saturated rings. The summed E-state index contributed by atoms with van der Waals surface area (Å²) < 4.78 is 10.7. The van der Waals surface area contributed by atoms with Crippen LogP contribution in [-0.4, -0.2) is 73.7 Å². The van der Waals surface area contributed by atoms with Crippen LogP contribution in [0, 0.1) is 11.8 Å². The molecule has 0 saturated carbocycles. The van der Waals surface area contributed by atoms with Gasteiger partial charge in [0, 0.05) is 58.2 Å². The van der Waals surface area contributed by atoms with Crippen LogP contribution < -0.4 is 10.1 Å². The molecule has 0 aliphatic carbocycles. The Kier molecular flexibility index (Phi) is 8.09. The van der Waals surface area contributed by atoms with Gasteiger partial charge in [-0.2, -0.15) is 0 Å². The Bertz CT molecular complexity index is 840. The van der Waals surface area contributed by atoms with E-state index >= 15 is 0 Å². The average molecular weight is 439 g/mol. The lowest BCUT2D eigenvalue weighted by Crippen LogP contribution is -2.49. The van der Waals surface area contributed by atoms with Gasteiger partial charge in [-0.3, -0.25) is 19.6 Å². The number of carbonyl (C=O) groups is 1. The summed E-state index contributed by atoms with van der Waals surface area (Å²) in [4.78, 5) is 22.2. The molecule has 3 heterocycles. The van der Waals surface area contributed by atoms with Gasteiger partial charge >= 0.3 is 0 Å². The van der Waals surface area contributed by atoms with Gasteiger partial charge in [0.25, 0.3) is 0 Å². The average Bonchev–Trinajstić information content (AvgIpc) is 2.84. The van der Waals surface area contributed by atoms with E-state index in [1.807, 2.05) is 36.7 Å². The lowest BCUT2D eigenvalue weighted by Gasteiger charge is -2.40. The van der Waals surface area contributed by atoms with Crippen LogP contribution in [0.25, 0.3) is 0 Å². The number of ether oxygens (including phenoxy) is 2. The minimum Gasteiger partial charge on any atom is -0.497 e. The van der Waals surface area contributed by atoms with E-state index in [0.717, 1.165) is 70.2 Å². The van der Waals surface area contributed by atoms with Gasteiger partial charge in [0.2, 0.25) is 5.91 Å². The zero-order valence-electron chi connectivity index (χ0n) is 18.9. The maximum Gasteiger partial charge on any atom is 0.224 e. The fourth-order valence-corrected chi connectivity index (χ4v) is 4.73. The molecule has 1 aromatic heterocycles. The molecule has 2 aliphatic heterocycles. The second-order valence-corrected chi connectivity index (χ2v) is 8.83. The van der Waals surface area contributed by atoms with Crippen LogP contribution in [-0.2, 0) is 22.6 Å². The predicted octanol–water partition coefficient (Wildman–Crippen LogP) is 2.18. The standard InChI is InChI=1S/C25H34N4O3/c1-31-24-4-2-20(3-5-24)15-27-25(30)23-14-22(17-28-10-12-32-13-11-28)18-29(19-23)16-21-6-8-26-9-7-21/h2-9,22-23H,10-19H2,1H3,(H,27,30)/t22-,23-/m1/s1. The summed E-state index contributed by atoms with van der Waals surface area (Å²) in [6, 6.07) is 12.0. The number of aromatic nitrogens is 1. The molecule has 0 bridgehead atoms. The molecule has 32 heavy (non-hydrogen) atoms. The van der Waals surface area contributed by atoms with Gasteiger partial charge in [-0.25, -0.2) is 0 Å². The van der Waals surface area contributed by atoms with E-state index < -0.39 is 0 Å². The van der Waals surface area contributed by atoms with Gasteiger partial charge < -0.3 is 14.8 Å². The second-order valence-electron chi connectivity index (χ2n) is 8.83. The summed E-state index contributed by atoms with van der Waals surface area (Å²) >= 11 is 0. The van der Waals surface area contributed by atoms with Gasteiger partial charge in [0.15, 0.2) is 0 Å². The Morgan fingerprint density at radius 2 is 1.81 bits per heavy atom. The summed E-state index contributed by atoms with van der Waals surface area (Å²) in [6.07, 6.45) is 4.60. The molecular weight excluding hydrogens is 404 g/mol. The fourth-order valence-electron chi connectivity index (χ4n) is 4.73. The summed E-state index contributed by atoms with van der Waals surface area (Å²) in [7, 11) is 1.66. The third-order valence-corrected chi connectivity index (χ3v) is 6.39. The lowest BCUT2D eigenvalue weighted by atomic mass is 9.87. The Balaban J connectivity index is 1.37. The van der Waals surface area contributed by atoms with E-state index in [1.165, 1.54) is 5.56 Å². The molecule has 0 unspecified atom stereocenters. The number of hydrogen-bond donors (Lipinski definition) is 1. The monoisotopic (exact) mass is 438 g/mol. The first-order chi connectivity index (χ1) is 15.7. The lowest BCUT2D eigenvalue weighted by molar-refractivity contribution is -0.128. The number of morpholine rings is 1. The summed E-state index contributed by atoms with van der Waals surface area (Å²) in [5, 5.41) is 3.16. The third-order valence-electron chi connectivity index (χ3n) is 6.39. The Labute approximate surface area is 190 Å². The molecular formula is C25H34N4O3. The van der Waals surface area contributed by atoms with E-state index in [-0.39, 0.29) is 11.8 Å². The van der Waals surface area contributed by atoms with E-state index in [2.05, 4.69) is 32.2 Å². The van der Waals surface area contributed by atoms with Crippen LogP contribution in [0.4, 0.5) is 0 Å². The summed E-state index contributed by atoms with van der Waals surface area (Å²) in [6.45, 7) is 7.79. The van der Waals surface area contributed by atoms with E-state index in [0.29, 0.717) is 12.5 Å². The largest absolute Gasteiger partial charge is 0.497 e. The molecule has 2 aromatic rings. The van der Waals surface area contributed by atoms with Crippen molar-refractivity contribution in [1.82, 2.24) is 20.1 Å². The number of rotatable bonds is 8. The van der Waals surface area contributed by atoms with E-state index in [4.69, 9.17) is 9.47 Å². The van der Waals surface area contributed by atoms with Gasteiger partial charge in [0.1, 0.15) is 5.75 Å². The molecule has 1 amide bonds. The van der Waals surface area contributed by atoms with Crippen molar-refractivity contribution in [3.05, 3.63) is 59.9 Å². The van der Waals surface area contributed by atoms with E-state index in [1.54, 1.807) is 7.11 Å². The van der Waals surface area contributed by atoms with Gasteiger partial charge in [-0.15, -0.1) is 0 Å². The number of hydrogen-bond acceptors (Lipinski definition) is 6. The quantitative estimate of drug-likeness (QED) is 0.682. The van der Waals surface area contributed by atoms with Crippen molar-refractivity contribution in [1.29, 1.82) is 0 Å². The second kappa shape index (κ2) is 11.4. The Morgan fingerprint density at radius 1 is 1.06 bits per heavy atom. The molecule has 1 aromatic carbocycles. The molecule has 1 N–H and O–H groups in total. The molecule has 2 atom stereocenters. The highest BCUT2D eigenvalue weighted by Crippen LogP contribution is 2.25. The van der Waals surface area contributed by atoms with Gasteiger partial charge in [-0.1, -0.05) is 12.1 Å². The molecule has 7 nitrogen and oxygen atoms in total. The van der Waals surface area contributed by atoms with Crippen molar-refractivity contribution >= 4 is 5.91 Å². The first kappa shape index (κ1) is 22.7. The van der Waals surface area contributed by atoms with Crippen LogP contribution >= 0.6 is 0 Å². The van der Waals surface area contributed by atoms with Crippen LogP contribution in [0.2, 0.25) is 0 Å². The number of nitrogens with one attached hydrogen (secondary N) is 1. The highest BCUT2D eigenvalue weighted by Gasteiger charge is 2.32. The van der Waals surface area contributed by atoms with Gasteiger partial charge in [0.05, 0.1) is 26.2 Å². The Hall–Kier alpha value is -2.48. The Morgan fingerprint density at radius 3 is 2.53 bits per heavy atom. The van der Waals surface area contributed by atoms with Crippen molar-refractivity contribution in [3.63, 3.8) is 0 Å². The third kappa shape index (κ3) is 6.51. The summed E-state index contributed by atoms with van der Waals surface area (Å²) in [5.74, 6) is 1.44. The topological polar surface area (TPSA) is 66.9 Å².